The molecule has 0 spiro atoms. The van der Waals surface area contributed by atoms with Gasteiger partial charge < -0.3 is 9.84 Å². The predicted octanol–water partition coefficient (Wildman–Crippen LogP) is 8.07. The number of nitrogens with one attached hydrogen (secondary N) is 1. The van der Waals surface area contributed by atoms with Gasteiger partial charge in [-0.15, -0.1) is 0 Å². The molecule has 0 unspecified atom stereocenters. The lowest BCUT2D eigenvalue weighted by atomic mass is 9.49. The van der Waals surface area contributed by atoms with Gasteiger partial charge in [0, 0.05) is 27.2 Å². The lowest BCUT2D eigenvalue weighted by Crippen LogP contribution is -2.53. The standard InChI is InChI=1S/C39H28BrCl2F3N4O6/c1-55-29-4-2-3-28(50)31(29)32-23-13-14-24-30(36(53)48(34(24)51)22-11-7-20(40)8-12-22)25(23)16-26-35(52)49(37(54)38(26,32)18-5-9-21(41)10-6-18)47-33-27(42)15-19(17-46-33)39(43,44)45/h2-13,15,17,24-26,30,32,50H,14,16H2,1H3,(H,46,47)/t24-,25+,26-,30-,32+,38+/m0/s1. The Morgan fingerprint density at radius 1 is 0.964 bits per heavy atom. The molecule has 4 aromatic rings. The summed E-state index contributed by atoms with van der Waals surface area (Å²) in [4.78, 5) is 63.7. The molecule has 3 fully saturated rings. The molecule has 4 aliphatic rings. The monoisotopic (exact) mass is 854 g/mol. The Morgan fingerprint density at radius 3 is 2.33 bits per heavy atom. The first kappa shape index (κ1) is 37.0. The number of allylic oxidation sites excluding steroid dienone is 2. The molecule has 1 aromatic heterocycles. The third-order valence-corrected chi connectivity index (χ3v) is 12.3. The molecule has 6 atom stereocenters. The summed E-state index contributed by atoms with van der Waals surface area (Å²) in [7, 11) is 1.39. The predicted molar refractivity (Wildman–Crippen MR) is 198 cm³/mol. The molecule has 0 radical (unpaired) electrons. The van der Waals surface area contributed by atoms with Gasteiger partial charge in [0.05, 0.1) is 46.6 Å². The maximum absolute atomic E-state index is 15.4. The number of alkyl halides is 3. The molecule has 55 heavy (non-hydrogen) atoms. The van der Waals surface area contributed by atoms with Crippen molar-refractivity contribution >= 4 is 74.3 Å². The van der Waals surface area contributed by atoms with Crippen LogP contribution in [0.5, 0.6) is 11.5 Å². The molecular formula is C39H28BrCl2F3N4O6. The number of fused-ring (bicyclic) bond motifs is 4. The van der Waals surface area contributed by atoms with Crippen LogP contribution in [0.2, 0.25) is 10.0 Å². The molecule has 2 aliphatic carbocycles. The number of rotatable bonds is 6. The van der Waals surface area contributed by atoms with Crippen LogP contribution in [0.15, 0.2) is 95.1 Å². The SMILES string of the molecule is COc1cccc(O)c1[C@H]1C2=CC[C@@H]3C(=O)N(c4ccc(Br)cc4)C(=O)[C@@H]3[C@@H]2C[C@H]2C(=O)N(Nc3ncc(C(F)(F)F)cc3Cl)C(=O)[C@@]12c1ccc(Cl)cc1. The number of hydrazine groups is 1. The molecule has 4 amide bonds. The van der Waals surface area contributed by atoms with Crippen LogP contribution in [0.25, 0.3) is 0 Å². The highest BCUT2D eigenvalue weighted by Gasteiger charge is 2.71. The highest BCUT2D eigenvalue weighted by molar-refractivity contribution is 9.10. The summed E-state index contributed by atoms with van der Waals surface area (Å²) >= 11 is 16.0. The van der Waals surface area contributed by atoms with Crippen molar-refractivity contribution in [1.29, 1.82) is 0 Å². The largest absolute Gasteiger partial charge is 0.508 e. The van der Waals surface area contributed by atoms with Crippen LogP contribution in [0, 0.1) is 23.7 Å². The fraction of sp³-hybridized carbons (Fsp3) is 0.256. The molecule has 0 bridgehead atoms. The number of carbonyl (C=O) groups excluding carboxylic acids is 4. The molecule has 3 heterocycles. The van der Waals surface area contributed by atoms with Crippen LogP contribution in [0.4, 0.5) is 24.7 Å². The number of aromatic hydroxyl groups is 1. The van der Waals surface area contributed by atoms with Gasteiger partial charge in [0.25, 0.3) is 11.8 Å². The highest BCUT2D eigenvalue weighted by atomic mass is 79.9. The number of methoxy groups -OCH3 is 1. The fourth-order valence-corrected chi connectivity index (χ4v) is 9.54. The fourth-order valence-electron chi connectivity index (χ4n) is 8.94. The Morgan fingerprint density at radius 2 is 1.67 bits per heavy atom. The van der Waals surface area contributed by atoms with Crippen LogP contribution in [0.3, 0.4) is 0 Å². The molecule has 282 valence electrons. The van der Waals surface area contributed by atoms with Gasteiger partial charge in [-0.1, -0.05) is 69.0 Å². The van der Waals surface area contributed by atoms with Crippen molar-refractivity contribution < 1.29 is 42.2 Å². The molecule has 2 aliphatic heterocycles. The zero-order valence-electron chi connectivity index (χ0n) is 28.5. The Balaban J connectivity index is 1.33. The first-order chi connectivity index (χ1) is 26.2. The Labute approximate surface area is 330 Å². The smallest absolute Gasteiger partial charge is 0.417 e. The van der Waals surface area contributed by atoms with Gasteiger partial charge >= 0.3 is 6.18 Å². The molecule has 10 nitrogen and oxygen atoms in total. The summed E-state index contributed by atoms with van der Waals surface area (Å²) in [5.41, 5.74) is 1.01. The van der Waals surface area contributed by atoms with E-state index in [2.05, 4.69) is 26.3 Å². The number of carbonyl (C=O) groups is 4. The van der Waals surface area contributed by atoms with Crippen molar-refractivity contribution in [3.63, 3.8) is 0 Å². The van der Waals surface area contributed by atoms with Crippen LogP contribution in [-0.2, 0) is 30.8 Å². The average molecular weight is 856 g/mol. The third kappa shape index (κ3) is 5.62. The van der Waals surface area contributed by atoms with Crippen molar-refractivity contribution in [3.8, 4) is 11.5 Å². The number of pyridine rings is 1. The summed E-state index contributed by atoms with van der Waals surface area (Å²) in [6.07, 6.45) is -2.39. The van der Waals surface area contributed by atoms with Crippen molar-refractivity contribution in [1.82, 2.24) is 9.99 Å². The molecule has 1 saturated carbocycles. The zero-order chi connectivity index (χ0) is 39.1. The number of aromatic nitrogens is 1. The van der Waals surface area contributed by atoms with Crippen molar-refractivity contribution in [2.75, 3.05) is 17.4 Å². The average Bonchev–Trinajstić information content (AvgIpc) is 3.53. The van der Waals surface area contributed by atoms with Gasteiger partial charge in [0.1, 0.15) is 11.5 Å². The first-order valence-corrected chi connectivity index (χ1v) is 18.6. The second-order valence-electron chi connectivity index (χ2n) is 13.8. The van der Waals surface area contributed by atoms with Gasteiger partial charge in [0.15, 0.2) is 5.82 Å². The van der Waals surface area contributed by atoms with Crippen molar-refractivity contribution in [2.45, 2.75) is 30.4 Å². The zero-order valence-corrected chi connectivity index (χ0v) is 31.6. The number of phenols is 1. The number of hydrogen-bond acceptors (Lipinski definition) is 8. The minimum atomic E-state index is -4.76. The van der Waals surface area contributed by atoms with E-state index in [1.165, 1.54) is 13.2 Å². The lowest BCUT2D eigenvalue weighted by Gasteiger charge is -2.50. The van der Waals surface area contributed by atoms with Gasteiger partial charge in [-0.3, -0.25) is 29.5 Å². The Hall–Kier alpha value is -4.92. The number of nitrogens with zero attached hydrogens (tertiary/aromatic N) is 3. The summed E-state index contributed by atoms with van der Waals surface area (Å²) in [5.74, 6) is -7.89. The van der Waals surface area contributed by atoms with Gasteiger partial charge in [-0.05, 0) is 78.9 Å². The van der Waals surface area contributed by atoms with E-state index in [0.29, 0.717) is 39.1 Å². The quantitative estimate of drug-likeness (QED) is 0.147. The number of ether oxygens (including phenoxy) is 1. The van der Waals surface area contributed by atoms with E-state index >= 15 is 4.79 Å². The van der Waals surface area contributed by atoms with Crippen LogP contribution < -0.4 is 15.1 Å². The molecule has 2 N–H and O–H groups in total. The molecule has 3 aromatic carbocycles. The lowest BCUT2D eigenvalue weighted by molar-refractivity contribution is -0.139. The number of imide groups is 2. The van der Waals surface area contributed by atoms with Gasteiger partial charge in [0.2, 0.25) is 11.8 Å². The van der Waals surface area contributed by atoms with E-state index in [4.69, 9.17) is 27.9 Å². The second-order valence-corrected chi connectivity index (χ2v) is 15.6. The van der Waals surface area contributed by atoms with E-state index in [1.54, 1.807) is 60.7 Å². The number of hydrogen-bond donors (Lipinski definition) is 2. The maximum Gasteiger partial charge on any atom is 0.417 e. The van der Waals surface area contributed by atoms with Crippen LogP contribution in [0.1, 0.15) is 35.4 Å². The maximum atomic E-state index is 15.4. The molecule has 8 rings (SSSR count). The summed E-state index contributed by atoms with van der Waals surface area (Å²) < 4.78 is 47.0. The van der Waals surface area contributed by atoms with Crippen LogP contribution in [-0.4, -0.2) is 45.8 Å². The van der Waals surface area contributed by atoms with E-state index in [1.807, 2.05) is 6.08 Å². The molecule has 16 heteroatoms. The number of phenolic OH excluding ortho intramolecular Hbond substituents is 1. The minimum absolute atomic E-state index is 0.0911. The Kier molecular flexibility index (Phi) is 9.01. The highest BCUT2D eigenvalue weighted by Crippen LogP contribution is 2.66. The minimum Gasteiger partial charge on any atom is -0.508 e. The van der Waals surface area contributed by atoms with Crippen LogP contribution >= 0.6 is 39.1 Å². The Bertz CT molecular complexity index is 2330. The van der Waals surface area contributed by atoms with E-state index in [9.17, 15) is 32.7 Å². The van der Waals surface area contributed by atoms with E-state index in [0.717, 1.165) is 9.37 Å². The van der Waals surface area contributed by atoms with Crippen molar-refractivity contribution in [2.24, 2.45) is 23.7 Å². The van der Waals surface area contributed by atoms with E-state index < -0.39 is 81.2 Å². The normalized spacial score (nSPS) is 26.1. The number of amides is 4. The number of benzene rings is 3. The number of halogens is 6. The van der Waals surface area contributed by atoms with Crippen molar-refractivity contribution in [3.05, 3.63) is 122 Å². The van der Waals surface area contributed by atoms with E-state index in [-0.39, 0.29) is 29.9 Å². The second kappa shape index (κ2) is 13.4. The summed E-state index contributed by atoms with van der Waals surface area (Å²) in [6, 6.07) is 18.2. The third-order valence-electron chi connectivity index (χ3n) is 11.2. The van der Waals surface area contributed by atoms with Gasteiger partial charge in [-0.25, -0.2) is 4.98 Å². The summed E-state index contributed by atoms with van der Waals surface area (Å²) in [5, 5.41) is 12.2. The molecule has 2 saturated heterocycles. The first-order valence-electron chi connectivity index (χ1n) is 17.0. The number of anilines is 2. The summed E-state index contributed by atoms with van der Waals surface area (Å²) in [6.45, 7) is 0. The topological polar surface area (TPSA) is 129 Å². The van der Waals surface area contributed by atoms with Gasteiger partial charge in [-0.2, -0.15) is 18.2 Å². The molecular weight excluding hydrogens is 828 g/mol.